The van der Waals surface area contributed by atoms with Gasteiger partial charge in [-0.25, -0.2) is 9.79 Å². The Morgan fingerprint density at radius 1 is 1.14 bits per heavy atom. The molecule has 0 aliphatic heterocycles. The second-order valence-electron chi connectivity index (χ2n) is 6.22. The Hall–Kier alpha value is -2.32. The van der Waals surface area contributed by atoms with Gasteiger partial charge in [-0.05, 0) is 58.9 Å². The summed E-state index contributed by atoms with van der Waals surface area (Å²) in [6, 6.07) is 14.1. The van der Waals surface area contributed by atoms with Crippen molar-refractivity contribution in [1.82, 2.24) is 19.8 Å². The molecule has 0 amide bonds. The van der Waals surface area contributed by atoms with Gasteiger partial charge in [0.25, 0.3) is 0 Å². The number of para-hydroxylation sites is 1. The predicted molar refractivity (Wildman–Crippen MR) is 119 cm³/mol. The van der Waals surface area contributed by atoms with Crippen molar-refractivity contribution >= 4 is 33.6 Å². The molecule has 8 heteroatoms. The van der Waals surface area contributed by atoms with Crippen LogP contribution < -0.4 is 5.69 Å². The molecule has 0 bridgehead atoms. The van der Waals surface area contributed by atoms with Gasteiger partial charge in [0.2, 0.25) is 0 Å². The number of tetrazole rings is 1. The van der Waals surface area contributed by atoms with E-state index < -0.39 is 0 Å². The highest BCUT2D eigenvalue weighted by Gasteiger charge is 2.14. The zero-order valence-corrected chi connectivity index (χ0v) is 18.0. The zero-order valence-electron chi connectivity index (χ0n) is 16.4. The molecule has 3 rings (SSSR count). The Balaban J connectivity index is 1.91. The predicted octanol–water partition coefficient (Wildman–Crippen LogP) is 4.12. The Morgan fingerprint density at radius 3 is 2.61 bits per heavy atom. The Bertz CT molecular complexity index is 1050. The summed E-state index contributed by atoms with van der Waals surface area (Å²) < 4.78 is 3.57. The molecule has 1 aromatic heterocycles. The molecular weight excluding hydrogens is 390 g/mol. The first kappa shape index (κ1) is 20.4. The average Bonchev–Trinajstić information content (AvgIpc) is 3.04. The van der Waals surface area contributed by atoms with E-state index in [9.17, 15) is 4.79 Å². The minimum Gasteiger partial charge on any atom is -0.244 e. The molecule has 146 valence electrons. The second-order valence-corrected chi connectivity index (χ2v) is 8.24. The van der Waals surface area contributed by atoms with Crippen molar-refractivity contribution in [2.24, 2.45) is 12.0 Å². The molecule has 0 spiro atoms. The number of thioether (sulfide) groups is 2. The minimum absolute atomic E-state index is 0.257. The third-order valence-corrected chi connectivity index (χ3v) is 6.50. The van der Waals surface area contributed by atoms with Gasteiger partial charge in [-0.15, -0.1) is 11.8 Å². The molecule has 0 saturated carbocycles. The number of aliphatic imine (C=N–C) groups is 1. The third kappa shape index (κ3) is 4.39. The van der Waals surface area contributed by atoms with Crippen LogP contribution in [0.4, 0.5) is 5.69 Å². The van der Waals surface area contributed by atoms with Gasteiger partial charge in [0.1, 0.15) is 4.38 Å². The Labute approximate surface area is 173 Å². The van der Waals surface area contributed by atoms with Crippen LogP contribution in [0.15, 0.2) is 52.3 Å². The maximum atomic E-state index is 12.3. The number of nitrogens with zero attached hydrogens (tertiary/aromatic N) is 5. The lowest BCUT2D eigenvalue weighted by atomic mass is 10.1. The zero-order chi connectivity index (χ0) is 20.1. The summed E-state index contributed by atoms with van der Waals surface area (Å²) in [6.45, 7) is 4.18. The van der Waals surface area contributed by atoms with Gasteiger partial charge >= 0.3 is 5.69 Å². The molecule has 0 fully saturated rings. The van der Waals surface area contributed by atoms with Crippen LogP contribution in [0.2, 0.25) is 0 Å². The standard InChI is InChI=1S/C20H23N5OS2/c1-5-15-10-6-7-11-17(15)21-19(27-4)28-13-16-14(2)9-8-12-18(16)25-20(26)24(3)22-23-25/h6-12H,5,13H2,1-4H3. The quantitative estimate of drug-likeness (QED) is 0.465. The first-order valence-corrected chi connectivity index (χ1v) is 11.2. The van der Waals surface area contributed by atoms with Gasteiger partial charge in [-0.2, -0.15) is 9.36 Å². The molecule has 6 nitrogen and oxygen atoms in total. The molecular formula is C20H23N5OS2. The minimum atomic E-state index is -0.257. The van der Waals surface area contributed by atoms with Crippen LogP contribution in [0.5, 0.6) is 0 Å². The van der Waals surface area contributed by atoms with Crippen LogP contribution in [0.3, 0.4) is 0 Å². The fraction of sp³-hybridized carbons (Fsp3) is 0.300. The van der Waals surface area contributed by atoms with Crippen molar-refractivity contribution in [3.05, 3.63) is 69.6 Å². The van der Waals surface area contributed by atoms with E-state index in [0.717, 1.165) is 33.3 Å². The Morgan fingerprint density at radius 2 is 1.93 bits per heavy atom. The van der Waals surface area contributed by atoms with E-state index >= 15 is 0 Å². The van der Waals surface area contributed by atoms with Crippen molar-refractivity contribution in [3.63, 3.8) is 0 Å². The first-order valence-electron chi connectivity index (χ1n) is 8.96. The molecule has 0 aliphatic rings. The molecule has 2 aromatic carbocycles. The van der Waals surface area contributed by atoms with Crippen LogP contribution in [-0.4, -0.2) is 30.4 Å². The van der Waals surface area contributed by atoms with Crippen molar-refractivity contribution in [3.8, 4) is 5.69 Å². The number of rotatable bonds is 5. The van der Waals surface area contributed by atoms with E-state index in [0.29, 0.717) is 5.75 Å². The maximum absolute atomic E-state index is 12.3. The number of benzene rings is 2. The van der Waals surface area contributed by atoms with E-state index in [1.807, 2.05) is 49.6 Å². The average molecular weight is 414 g/mol. The van der Waals surface area contributed by atoms with Crippen LogP contribution in [0, 0.1) is 6.92 Å². The normalized spacial score (nSPS) is 11.8. The smallest absolute Gasteiger partial charge is 0.244 e. The highest BCUT2D eigenvalue weighted by atomic mass is 32.2. The number of aromatic nitrogens is 4. The van der Waals surface area contributed by atoms with E-state index in [-0.39, 0.29) is 5.69 Å². The van der Waals surface area contributed by atoms with Gasteiger partial charge in [-0.3, -0.25) is 0 Å². The Kier molecular flexibility index (Phi) is 6.74. The highest BCUT2D eigenvalue weighted by Crippen LogP contribution is 2.29. The van der Waals surface area contributed by atoms with Crippen LogP contribution in [0.1, 0.15) is 23.6 Å². The van der Waals surface area contributed by atoms with Crippen molar-refractivity contribution in [1.29, 1.82) is 0 Å². The number of aryl methyl sites for hydroxylation is 3. The molecule has 0 unspecified atom stereocenters. The van der Waals surface area contributed by atoms with Gasteiger partial charge < -0.3 is 0 Å². The van der Waals surface area contributed by atoms with Crippen molar-refractivity contribution in [2.75, 3.05) is 6.26 Å². The van der Waals surface area contributed by atoms with Gasteiger partial charge in [-0.1, -0.05) is 49.0 Å². The van der Waals surface area contributed by atoms with Crippen molar-refractivity contribution < 1.29 is 0 Å². The monoisotopic (exact) mass is 413 g/mol. The SMILES string of the molecule is CCc1ccccc1N=C(SC)SCc1c(C)cccc1-n1nnn(C)c1=O. The van der Waals surface area contributed by atoms with Gasteiger partial charge in [0, 0.05) is 12.8 Å². The largest absolute Gasteiger partial charge is 0.368 e. The fourth-order valence-corrected chi connectivity index (χ4v) is 4.47. The molecule has 1 heterocycles. The van der Waals surface area contributed by atoms with E-state index in [2.05, 4.69) is 23.4 Å². The van der Waals surface area contributed by atoms with E-state index in [1.165, 1.54) is 14.9 Å². The maximum Gasteiger partial charge on any atom is 0.368 e. The molecule has 0 N–H and O–H groups in total. The fourth-order valence-electron chi connectivity index (χ4n) is 2.83. The van der Waals surface area contributed by atoms with Gasteiger partial charge in [0.15, 0.2) is 0 Å². The van der Waals surface area contributed by atoms with Gasteiger partial charge in [0.05, 0.1) is 11.4 Å². The number of hydrogen-bond acceptors (Lipinski definition) is 6. The molecule has 28 heavy (non-hydrogen) atoms. The lowest BCUT2D eigenvalue weighted by Crippen LogP contribution is -2.23. The third-order valence-electron chi connectivity index (χ3n) is 4.43. The van der Waals surface area contributed by atoms with Crippen LogP contribution in [0.25, 0.3) is 5.69 Å². The first-order chi connectivity index (χ1) is 13.5. The molecule has 3 aromatic rings. The van der Waals surface area contributed by atoms with E-state index in [4.69, 9.17) is 4.99 Å². The second kappa shape index (κ2) is 9.25. The summed E-state index contributed by atoms with van der Waals surface area (Å²) in [6.07, 6.45) is 2.98. The number of hydrogen-bond donors (Lipinski definition) is 0. The summed E-state index contributed by atoms with van der Waals surface area (Å²) in [5, 5.41) is 7.83. The molecule has 0 aliphatic carbocycles. The summed E-state index contributed by atoms with van der Waals surface area (Å²) >= 11 is 3.30. The van der Waals surface area contributed by atoms with Crippen LogP contribution >= 0.6 is 23.5 Å². The van der Waals surface area contributed by atoms with E-state index in [1.54, 1.807) is 30.6 Å². The highest BCUT2D eigenvalue weighted by molar-refractivity contribution is 8.38. The van der Waals surface area contributed by atoms with Crippen LogP contribution in [-0.2, 0) is 19.2 Å². The topological polar surface area (TPSA) is 65.1 Å². The molecule has 0 radical (unpaired) electrons. The lowest BCUT2D eigenvalue weighted by molar-refractivity contribution is 0.692. The summed E-state index contributed by atoms with van der Waals surface area (Å²) in [7, 11) is 1.60. The summed E-state index contributed by atoms with van der Waals surface area (Å²) in [5.74, 6) is 0.693. The summed E-state index contributed by atoms with van der Waals surface area (Å²) in [4.78, 5) is 17.2. The summed E-state index contributed by atoms with van der Waals surface area (Å²) in [5.41, 5.74) is 4.92. The van der Waals surface area contributed by atoms with Crippen molar-refractivity contribution in [2.45, 2.75) is 26.0 Å². The lowest BCUT2D eigenvalue weighted by Gasteiger charge is -2.12. The molecule has 0 atom stereocenters. The molecule has 0 saturated heterocycles.